The number of carbonyl (C=O) groups is 2. The van der Waals surface area contributed by atoms with Gasteiger partial charge in [-0.1, -0.05) is 377 Å². The Hall–Kier alpha value is -2.18. The number of amides is 1. The van der Waals surface area contributed by atoms with Gasteiger partial charge in [-0.25, -0.2) is 0 Å². The summed E-state index contributed by atoms with van der Waals surface area (Å²) in [6.07, 6.45) is 101. The maximum absolute atomic E-state index is 12.5. The quantitative estimate of drug-likeness (QED) is 0.0320. The average molecular weight is 1220 g/mol. The van der Waals surface area contributed by atoms with Crippen LogP contribution in [0.5, 0.6) is 0 Å². The van der Waals surface area contributed by atoms with Crippen molar-refractivity contribution in [2.24, 2.45) is 0 Å². The minimum Gasteiger partial charge on any atom is -0.466 e. The van der Waals surface area contributed by atoms with E-state index in [1.807, 2.05) is 6.08 Å². The molecule has 0 aromatic carbocycles. The summed E-state index contributed by atoms with van der Waals surface area (Å²) in [5.41, 5.74) is 0. The molecule has 0 aliphatic rings. The largest absolute Gasteiger partial charge is 0.466 e. The molecule has 0 fully saturated rings. The summed E-state index contributed by atoms with van der Waals surface area (Å²) in [4.78, 5) is 24.6. The van der Waals surface area contributed by atoms with E-state index in [2.05, 4.69) is 55.6 Å². The predicted octanol–water partition coefficient (Wildman–Crippen LogP) is 26.0. The molecule has 0 spiro atoms. The van der Waals surface area contributed by atoms with E-state index < -0.39 is 12.1 Å². The predicted molar refractivity (Wildman–Crippen MR) is 384 cm³/mol. The number of hydrogen-bond donors (Lipinski definition) is 3. The lowest BCUT2D eigenvalue weighted by molar-refractivity contribution is -0.143. The second-order valence-electron chi connectivity index (χ2n) is 27.0. The van der Waals surface area contributed by atoms with E-state index in [-0.39, 0.29) is 18.5 Å². The zero-order valence-electron chi connectivity index (χ0n) is 58.8. The smallest absolute Gasteiger partial charge is 0.305 e. The van der Waals surface area contributed by atoms with Crippen LogP contribution in [0.2, 0.25) is 0 Å². The lowest BCUT2D eigenvalue weighted by atomic mass is 10.0. The van der Waals surface area contributed by atoms with E-state index in [0.29, 0.717) is 19.4 Å². The number of ether oxygens (including phenoxy) is 1. The molecule has 0 aliphatic carbocycles. The molecule has 0 aromatic heterocycles. The number of aliphatic hydroxyl groups excluding tert-OH is 2. The van der Waals surface area contributed by atoms with E-state index in [1.165, 1.54) is 353 Å². The lowest BCUT2D eigenvalue weighted by Crippen LogP contribution is -2.45. The molecule has 0 bridgehead atoms. The fourth-order valence-electron chi connectivity index (χ4n) is 12.3. The number of rotatable bonds is 74. The molecule has 0 saturated carbocycles. The van der Waals surface area contributed by atoms with E-state index in [0.717, 1.165) is 51.4 Å². The fourth-order valence-corrected chi connectivity index (χ4v) is 12.3. The minimum absolute atomic E-state index is 0.0131. The van der Waals surface area contributed by atoms with Crippen molar-refractivity contribution in [1.82, 2.24) is 5.32 Å². The van der Waals surface area contributed by atoms with Crippen molar-refractivity contribution in [3.63, 3.8) is 0 Å². The van der Waals surface area contributed by atoms with Crippen LogP contribution in [0.15, 0.2) is 48.6 Å². The second kappa shape index (κ2) is 76.3. The summed E-state index contributed by atoms with van der Waals surface area (Å²) in [5, 5.41) is 23.2. The van der Waals surface area contributed by atoms with Crippen LogP contribution in [0.25, 0.3) is 0 Å². The van der Waals surface area contributed by atoms with Crippen molar-refractivity contribution in [1.29, 1.82) is 0 Å². The molecule has 87 heavy (non-hydrogen) atoms. The van der Waals surface area contributed by atoms with Gasteiger partial charge in [0.2, 0.25) is 5.91 Å². The van der Waals surface area contributed by atoms with E-state index in [9.17, 15) is 19.8 Å². The number of carbonyl (C=O) groups excluding carboxylic acids is 2. The highest BCUT2D eigenvalue weighted by Gasteiger charge is 2.18. The van der Waals surface area contributed by atoms with Crippen LogP contribution in [0.4, 0.5) is 0 Å². The third-order valence-corrected chi connectivity index (χ3v) is 18.3. The van der Waals surface area contributed by atoms with Crippen LogP contribution in [0, 0.1) is 0 Å². The fraction of sp³-hybridized carbons (Fsp3) is 0.877. The molecule has 1 amide bonds. The van der Waals surface area contributed by atoms with Gasteiger partial charge in [0, 0.05) is 12.8 Å². The van der Waals surface area contributed by atoms with E-state index in [4.69, 9.17) is 4.74 Å². The number of hydrogen-bond acceptors (Lipinski definition) is 5. The van der Waals surface area contributed by atoms with Crippen LogP contribution < -0.4 is 5.32 Å². The molecule has 2 unspecified atom stereocenters. The van der Waals surface area contributed by atoms with Crippen LogP contribution in [-0.4, -0.2) is 47.4 Å². The van der Waals surface area contributed by atoms with Gasteiger partial charge in [-0.3, -0.25) is 9.59 Å². The van der Waals surface area contributed by atoms with E-state index >= 15 is 0 Å². The van der Waals surface area contributed by atoms with Gasteiger partial charge in [0.25, 0.3) is 0 Å². The highest BCUT2D eigenvalue weighted by atomic mass is 16.5. The van der Waals surface area contributed by atoms with Crippen LogP contribution in [0.1, 0.15) is 431 Å². The Morgan fingerprint density at radius 2 is 0.575 bits per heavy atom. The maximum atomic E-state index is 12.5. The van der Waals surface area contributed by atoms with Crippen LogP contribution in [0.3, 0.4) is 0 Å². The minimum atomic E-state index is -0.842. The normalized spacial score (nSPS) is 12.7. The summed E-state index contributed by atoms with van der Waals surface area (Å²) in [6.45, 7) is 4.93. The van der Waals surface area contributed by atoms with E-state index in [1.54, 1.807) is 6.08 Å². The molecule has 3 N–H and O–H groups in total. The van der Waals surface area contributed by atoms with Gasteiger partial charge in [0.1, 0.15) is 0 Å². The molecule has 0 heterocycles. The molecule has 0 aliphatic heterocycles. The number of aliphatic hydroxyl groups is 2. The molecule has 0 rings (SSSR count). The highest BCUT2D eigenvalue weighted by Crippen LogP contribution is 2.19. The summed E-state index contributed by atoms with van der Waals surface area (Å²) < 4.78 is 5.50. The molecular formula is C81H153NO5. The molecule has 0 saturated heterocycles. The Morgan fingerprint density at radius 3 is 0.885 bits per heavy atom. The molecule has 6 nitrogen and oxygen atoms in total. The second-order valence-corrected chi connectivity index (χ2v) is 27.0. The van der Waals surface area contributed by atoms with Gasteiger partial charge in [-0.2, -0.15) is 0 Å². The molecule has 0 radical (unpaired) electrons. The monoisotopic (exact) mass is 1220 g/mol. The zero-order valence-corrected chi connectivity index (χ0v) is 58.8. The van der Waals surface area contributed by atoms with Gasteiger partial charge in [0.15, 0.2) is 0 Å². The molecule has 6 heteroatoms. The first-order chi connectivity index (χ1) is 43.0. The first-order valence-corrected chi connectivity index (χ1v) is 39.4. The number of allylic oxidation sites excluding steroid dienone is 7. The van der Waals surface area contributed by atoms with Crippen molar-refractivity contribution in [3.8, 4) is 0 Å². The van der Waals surface area contributed by atoms with Crippen molar-refractivity contribution in [2.45, 2.75) is 443 Å². The number of esters is 1. The summed E-state index contributed by atoms with van der Waals surface area (Å²) in [5.74, 6) is -0.0494. The van der Waals surface area contributed by atoms with Gasteiger partial charge in [-0.15, -0.1) is 0 Å². The van der Waals surface area contributed by atoms with Crippen LogP contribution in [-0.2, 0) is 14.3 Å². The van der Waals surface area contributed by atoms with Gasteiger partial charge >= 0.3 is 5.97 Å². The summed E-state index contributed by atoms with van der Waals surface area (Å²) in [6, 6.07) is -0.626. The lowest BCUT2D eigenvalue weighted by Gasteiger charge is -2.20. The van der Waals surface area contributed by atoms with Crippen molar-refractivity contribution >= 4 is 11.9 Å². The summed E-state index contributed by atoms with van der Waals surface area (Å²) in [7, 11) is 0. The van der Waals surface area contributed by atoms with Crippen LogP contribution >= 0.6 is 0 Å². The Labute approximate surface area is 544 Å². The number of nitrogens with one attached hydrogen (secondary N) is 1. The maximum Gasteiger partial charge on any atom is 0.305 e. The van der Waals surface area contributed by atoms with Crippen molar-refractivity contribution < 1.29 is 24.5 Å². The summed E-state index contributed by atoms with van der Waals surface area (Å²) >= 11 is 0. The topological polar surface area (TPSA) is 95.9 Å². The molecular weight excluding hydrogens is 1070 g/mol. The first kappa shape index (κ1) is 84.8. The van der Waals surface area contributed by atoms with Gasteiger partial charge in [-0.05, 0) is 89.9 Å². The SMILES string of the molecule is CCCCCCCCC/C=C\CCCCCCCC(=O)OCCCCCCCCCCCCCCCCC/C=C\C/C=C\CCCCCCCCCCCCCCCCCCCC(=O)NC(CO)C(O)/C=C/CCCCCCCCCCCCCCC. The van der Waals surface area contributed by atoms with Crippen molar-refractivity contribution in [2.75, 3.05) is 13.2 Å². The third-order valence-electron chi connectivity index (χ3n) is 18.3. The molecule has 512 valence electrons. The average Bonchev–Trinajstić information content (AvgIpc) is 3.56. The first-order valence-electron chi connectivity index (χ1n) is 39.4. The van der Waals surface area contributed by atoms with Gasteiger partial charge in [0.05, 0.1) is 25.4 Å². The zero-order chi connectivity index (χ0) is 62.8. The van der Waals surface area contributed by atoms with Crippen molar-refractivity contribution in [3.05, 3.63) is 48.6 Å². The Bertz CT molecular complexity index is 1450. The Balaban J connectivity index is 3.36. The number of unbranched alkanes of at least 4 members (excludes halogenated alkanes) is 57. The third kappa shape index (κ3) is 72.8. The standard InChI is InChI=1S/C81H153NO5/c1-3-5-7-9-11-13-15-17-19-47-51-55-59-63-67-71-75-81(86)87-76-72-68-64-60-56-52-48-44-42-40-38-36-34-32-30-28-26-24-22-20-21-23-25-27-29-31-33-35-37-39-41-43-46-50-54-58-62-66-70-74-80(85)82-78(77-83)79(84)73-69-65-61-57-53-49-45-18-16-14-12-10-8-6-4-2/h19-21,24,26,47,69,73,78-79,83-84H,3-18,22-23,25,27-46,48-68,70-72,74-77H2,1-2H3,(H,82,85)/b21-20-,26-24-,47-19-,73-69+. The van der Waals surface area contributed by atoms with Gasteiger partial charge < -0.3 is 20.3 Å². The Morgan fingerprint density at radius 1 is 0.322 bits per heavy atom. The Kier molecular flexibility index (Phi) is 74.4. The highest BCUT2D eigenvalue weighted by molar-refractivity contribution is 5.76. The molecule has 0 aromatic rings. The molecule has 2 atom stereocenters.